The molecule has 0 saturated carbocycles. The molecule has 2 aromatic rings. The zero-order valence-electron chi connectivity index (χ0n) is 7.90. The van der Waals surface area contributed by atoms with E-state index in [0.717, 1.165) is 6.42 Å². The van der Waals surface area contributed by atoms with Gasteiger partial charge in [-0.05, 0) is 28.3 Å². The van der Waals surface area contributed by atoms with Crippen LogP contribution in [0.25, 0.3) is 10.8 Å². The van der Waals surface area contributed by atoms with E-state index in [2.05, 4.69) is 36.4 Å². The minimum Gasteiger partial charge on any atom is -0.396 e. The Bertz CT molecular complexity index is 482. The van der Waals surface area contributed by atoms with Crippen LogP contribution in [0.4, 0.5) is 0 Å². The zero-order valence-corrected chi connectivity index (χ0v) is 7.90. The summed E-state index contributed by atoms with van der Waals surface area (Å²) >= 11 is 0. The molecule has 1 nitrogen and oxygen atoms in total. The Balaban J connectivity index is 2.38. The molecule has 0 amide bonds. The first-order valence-corrected chi connectivity index (χ1v) is 5.01. The fourth-order valence-electron chi connectivity index (χ4n) is 2.50. The predicted molar refractivity (Wildman–Crippen MR) is 57.5 cm³/mol. The highest BCUT2D eigenvalue weighted by Crippen LogP contribution is 2.37. The third-order valence-electron chi connectivity index (χ3n) is 3.15. The average Bonchev–Trinajstić information content (AvgIpc) is 2.60. The first-order chi connectivity index (χ1) is 6.90. The van der Waals surface area contributed by atoms with Gasteiger partial charge in [0.25, 0.3) is 0 Å². The van der Waals surface area contributed by atoms with Gasteiger partial charge in [0.05, 0.1) is 6.61 Å². The molecule has 0 saturated heterocycles. The van der Waals surface area contributed by atoms with Crippen molar-refractivity contribution in [1.29, 1.82) is 0 Å². The molecule has 1 heteroatoms. The molecule has 0 bridgehead atoms. The number of aliphatic hydroxyl groups excluding tert-OH is 1. The van der Waals surface area contributed by atoms with Crippen LogP contribution in [0.1, 0.15) is 17.0 Å². The lowest BCUT2D eigenvalue weighted by Gasteiger charge is -2.06. The second-order valence-corrected chi connectivity index (χ2v) is 3.95. The van der Waals surface area contributed by atoms with Crippen molar-refractivity contribution in [3.63, 3.8) is 0 Å². The molecule has 1 aliphatic rings. The quantitative estimate of drug-likeness (QED) is 0.721. The van der Waals surface area contributed by atoms with Crippen LogP contribution in [0.5, 0.6) is 0 Å². The van der Waals surface area contributed by atoms with Crippen LogP contribution in [-0.4, -0.2) is 11.7 Å². The smallest absolute Gasteiger partial charge is 0.0503 e. The summed E-state index contributed by atoms with van der Waals surface area (Å²) in [6.45, 7) is 0.258. The summed E-state index contributed by atoms with van der Waals surface area (Å²) in [6, 6.07) is 12.8. The second-order valence-electron chi connectivity index (χ2n) is 3.95. The highest BCUT2D eigenvalue weighted by atomic mass is 16.3. The lowest BCUT2D eigenvalue weighted by molar-refractivity contribution is 0.267. The van der Waals surface area contributed by atoms with Gasteiger partial charge in [-0.2, -0.15) is 0 Å². The topological polar surface area (TPSA) is 20.2 Å². The van der Waals surface area contributed by atoms with E-state index in [0.29, 0.717) is 5.92 Å². The van der Waals surface area contributed by atoms with Gasteiger partial charge in [0.15, 0.2) is 0 Å². The first kappa shape index (κ1) is 8.01. The van der Waals surface area contributed by atoms with Gasteiger partial charge in [-0.1, -0.05) is 36.4 Å². The summed E-state index contributed by atoms with van der Waals surface area (Å²) in [4.78, 5) is 0. The SMILES string of the molecule is OC[C@@H]1Cc2cccc3cccc1c23. The number of aliphatic hydroxyl groups is 1. The highest BCUT2D eigenvalue weighted by molar-refractivity contribution is 5.91. The van der Waals surface area contributed by atoms with Crippen molar-refractivity contribution in [2.45, 2.75) is 12.3 Å². The number of hydrogen-bond donors (Lipinski definition) is 1. The molecular formula is C13H12O. The number of benzene rings is 2. The Kier molecular flexibility index (Phi) is 1.62. The molecule has 14 heavy (non-hydrogen) atoms. The Morgan fingerprint density at radius 3 is 2.71 bits per heavy atom. The molecule has 0 heterocycles. The largest absolute Gasteiger partial charge is 0.396 e. The Morgan fingerprint density at radius 1 is 1.14 bits per heavy atom. The summed E-state index contributed by atoms with van der Waals surface area (Å²) in [5.41, 5.74) is 2.71. The van der Waals surface area contributed by atoms with Crippen molar-refractivity contribution in [2.75, 3.05) is 6.61 Å². The zero-order chi connectivity index (χ0) is 9.54. The van der Waals surface area contributed by atoms with Crippen LogP contribution in [0, 0.1) is 0 Å². The van der Waals surface area contributed by atoms with Gasteiger partial charge in [-0.3, -0.25) is 0 Å². The molecule has 0 radical (unpaired) electrons. The van der Waals surface area contributed by atoms with Crippen molar-refractivity contribution in [2.24, 2.45) is 0 Å². The first-order valence-electron chi connectivity index (χ1n) is 5.01. The Hall–Kier alpha value is -1.34. The number of rotatable bonds is 1. The van der Waals surface area contributed by atoms with Crippen LogP contribution in [0.3, 0.4) is 0 Å². The minimum absolute atomic E-state index is 0.258. The van der Waals surface area contributed by atoms with Gasteiger partial charge in [-0.25, -0.2) is 0 Å². The fraction of sp³-hybridized carbons (Fsp3) is 0.231. The van der Waals surface area contributed by atoms with E-state index in [1.165, 1.54) is 21.9 Å². The highest BCUT2D eigenvalue weighted by Gasteiger charge is 2.22. The third kappa shape index (κ3) is 0.933. The third-order valence-corrected chi connectivity index (χ3v) is 3.15. The maximum Gasteiger partial charge on any atom is 0.0503 e. The van der Waals surface area contributed by atoms with Crippen LogP contribution >= 0.6 is 0 Å². The van der Waals surface area contributed by atoms with E-state index in [9.17, 15) is 5.11 Å². The van der Waals surface area contributed by atoms with E-state index in [1.807, 2.05) is 0 Å². The van der Waals surface area contributed by atoms with Gasteiger partial charge in [0.1, 0.15) is 0 Å². The van der Waals surface area contributed by atoms with Gasteiger partial charge in [0, 0.05) is 5.92 Å². The molecule has 0 aliphatic heterocycles. The van der Waals surface area contributed by atoms with E-state index in [4.69, 9.17) is 0 Å². The molecule has 3 rings (SSSR count). The predicted octanol–water partition coefficient (Wildman–Crippen LogP) is 2.47. The summed E-state index contributed by atoms with van der Waals surface area (Å²) in [6.07, 6.45) is 0.993. The molecule has 1 N–H and O–H groups in total. The molecule has 1 atom stereocenters. The summed E-state index contributed by atoms with van der Waals surface area (Å²) in [7, 11) is 0. The Labute approximate surface area is 83.0 Å². The second kappa shape index (κ2) is 2.82. The summed E-state index contributed by atoms with van der Waals surface area (Å²) < 4.78 is 0. The van der Waals surface area contributed by atoms with Crippen LogP contribution < -0.4 is 0 Å². The van der Waals surface area contributed by atoms with Crippen LogP contribution in [0.15, 0.2) is 36.4 Å². The molecule has 70 valence electrons. The van der Waals surface area contributed by atoms with Gasteiger partial charge >= 0.3 is 0 Å². The normalized spacial score (nSPS) is 19.1. The van der Waals surface area contributed by atoms with E-state index >= 15 is 0 Å². The van der Waals surface area contributed by atoms with Crippen LogP contribution in [0.2, 0.25) is 0 Å². The van der Waals surface area contributed by atoms with E-state index in [-0.39, 0.29) is 6.61 Å². The van der Waals surface area contributed by atoms with Crippen molar-refractivity contribution < 1.29 is 5.11 Å². The molecule has 0 aromatic heterocycles. The molecule has 0 fully saturated rings. The van der Waals surface area contributed by atoms with Crippen molar-refractivity contribution in [3.8, 4) is 0 Å². The molecule has 2 aromatic carbocycles. The summed E-state index contributed by atoms with van der Waals surface area (Å²) in [5.74, 6) is 0.316. The maximum atomic E-state index is 9.29. The summed E-state index contributed by atoms with van der Waals surface area (Å²) in [5, 5.41) is 12.0. The van der Waals surface area contributed by atoms with Crippen molar-refractivity contribution in [3.05, 3.63) is 47.5 Å². The van der Waals surface area contributed by atoms with Gasteiger partial charge in [0.2, 0.25) is 0 Å². The minimum atomic E-state index is 0.258. The lowest BCUT2D eigenvalue weighted by atomic mass is 10.0. The van der Waals surface area contributed by atoms with E-state index < -0.39 is 0 Å². The van der Waals surface area contributed by atoms with Crippen molar-refractivity contribution >= 4 is 10.8 Å². The molecule has 1 aliphatic carbocycles. The van der Waals surface area contributed by atoms with E-state index in [1.54, 1.807) is 0 Å². The average molecular weight is 184 g/mol. The molecular weight excluding hydrogens is 172 g/mol. The number of hydrogen-bond acceptors (Lipinski definition) is 1. The monoisotopic (exact) mass is 184 g/mol. The molecule has 0 spiro atoms. The Morgan fingerprint density at radius 2 is 1.93 bits per heavy atom. The maximum absolute atomic E-state index is 9.29. The van der Waals surface area contributed by atoms with Gasteiger partial charge < -0.3 is 5.11 Å². The van der Waals surface area contributed by atoms with Crippen molar-refractivity contribution in [1.82, 2.24) is 0 Å². The van der Waals surface area contributed by atoms with Crippen LogP contribution in [-0.2, 0) is 6.42 Å². The standard InChI is InChI=1S/C13H12O/c14-8-11-7-10-5-1-3-9-4-2-6-12(11)13(9)10/h1-6,11,14H,7-8H2/t11-/m0/s1. The fourth-order valence-corrected chi connectivity index (χ4v) is 2.50. The lowest BCUT2D eigenvalue weighted by Crippen LogP contribution is -2.00. The van der Waals surface area contributed by atoms with Gasteiger partial charge in [-0.15, -0.1) is 0 Å². The molecule has 0 unspecified atom stereocenters.